The number of hydrogen-bond acceptors (Lipinski definition) is 8. The van der Waals surface area contributed by atoms with E-state index in [1.807, 2.05) is 13.8 Å². The Hall–Kier alpha value is -3.50. The third-order valence-electron chi connectivity index (χ3n) is 4.79. The van der Waals surface area contributed by atoms with Crippen molar-refractivity contribution in [1.82, 2.24) is 24.9 Å². The number of ether oxygens (including phenoxy) is 1. The highest BCUT2D eigenvalue weighted by molar-refractivity contribution is 5.86. The highest BCUT2D eigenvalue weighted by atomic mass is 16.6. The van der Waals surface area contributed by atoms with Crippen LogP contribution < -0.4 is 15.4 Å². The van der Waals surface area contributed by atoms with Crippen LogP contribution in [0.4, 0.5) is 11.5 Å². The summed E-state index contributed by atoms with van der Waals surface area (Å²) in [4.78, 5) is 27.2. The van der Waals surface area contributed by atoms with Crippen LogP contribution in [0.3, 0.4) is 0 Å². The van der Waals surface area contributed by atoms with Crippen molar-refractivity contribution in [3.63, 3.8) is 0 Å². The summed E-state index contributed by atoms with van der Waals surface area (Å²) in [6.07, 6.45) is 2.18. The Morgan fingerprint density at radius 3 is 2.68 bits per heavy atom. The van der Waals surface area contributed by atoms with Gasteiger partial charge in [-0.25, -0.2) is 4.98 Å². The smallest absolute Gasteiger partial charge is 0.313 e. The Labute approximate surface area is 179 Å². The Balaban J connectivity index is 1.76. The van der Waals surface area contributed by atoms with Crippen LogP contribution in [0.15, 0.2) is 12.1 Å². The molecule has 0 aliphatic carbocycles. The Kier molecular flexibility index (Phi) is 6.83. The van der Waals surface area contributed by atoms with Gasteiger partial charge < -0.3 is 15.4 Å². The Morgan fingerprint density at radius 1 is 1.26 bits per heavy atom. The fourth-order valence-corrected chi connectivity index (χ4v) is 3.34. The van der Waals surface area contributed by atoms with Gasteiger partial charge in [-0.15, -0.1) is 10.2 Å². The van der Waals surface area contributed by atoms with E-state index in [9.17, 15) is 14.9 Å². The van der Waals surface area contributed by atoms with Crippen LogP contribution in [0.2, 0.25) is 0 Å². The number of nitro groups is 1. The van der Waals surface area contributed by atoms with Crippen LogP contribution in [-0.2, 0) is 4.79 Å². The number of carbonyl (C=O) groups excluding carboxylic acids is 1. The lowest BCUT2D eigenvalue weighted by atomic mass is 10.1. The van der Waals surface area contributed by atoms with Gasteiger partial charge in [0.1, 0.15) is 5.82 Å². The second-order valence-electron chi connectivity index (χ2n) is 7.72. The standard InChI is InChI=1S/C20H27N7O4/c1-12(2)9-18(28)21-7-5-6-8-22-19-20-25-24-13(3)26(20)15-11-16(27(29)30)17(31-4)10-14(15)23-19/h10-12H,5-9H2,1-4H3,(H,21,28)(H,22,23). The molecule has 0 saturated carbocycles. The number of hydrogen-bond donors (Lipinski definition) is 2. The molecule has 2 aromatic heterocycles. The van der Waals surface area contributed by atoms with Crippen LogP contribution in [0, 0.1) is 23.0 Å². The second-order valence-corrected chi connectivity index (χ2v) is 7.72. The number of rotatable bonds is 10. The van der Waals surface area contributed by atoms with Crippen molar-refractivity contribution >= 4 is 34.1 Å². The lowest BCUT2D eigenvalue weighted by Crippen LogP contribution is -2.25. The number of anilines is 1. The van der Waals surface area contributed by atoms with E-state index < -0.39 is 4.92 Å². The fourth-order valence-electron chi connectivity index (χ4n) is 3.34. The number of carbonyl (C=O) groups is 1. The van der Waals surface area contributed by atoms with E-state index in [1.165, 1.54) is 13.2 Å². The second kappa shape index (κ2) is 9.54. The van der Waals surface area contributed by atoms with Gasteiger partial charge in [0.05, 0.1) is 23.1 Å². The average Bonchev–Trinajstić information content (AvgIpc) is 3.11. The molecule has 3 aromatic rings. The lowest BCUT2D eigenvalue weighted by Gasteiger charge is -2.11. The van der Waals surface area contributed by atoms with Crippen LogP contribution in [0.5, 0.6) is 5.75 Å². The van der Waals surface area contributed by atoms with E-state index in [2.05, 4.69) is 25.8 Å². The molecular weight excluding hydrogens is 402 g/mol. The first kappa shape index (κ1) is 22.2. The van der Waals surface area contributed by atoms with Crippen molar-refractivity contribution in [2.24, 2.45) is 5.92 Å². The molecule has 0 atom stereocenters. The molecule has 0 fully saturated rings. The van der Waals surface area contributed by atoms with Gasteiger partial charge in [0.2, 0.25) is 11.6 Å². The van der Waals surface area contributed by atoms with Crippen molar-refractivity contribution in [3.05, 3.63) is 28.1 Å². The molecule has 0 bridgehead atoms. The summed E-state index contributed by atoms with van der Waals surface area (Å²) in [7, 11) is 1.38. The molecule has 0 aliphatic heterocycles. The van der Waals surface area contributed by atoms with E-state index >= 15 is 0 Å². The minimum atomic E-state index is -0.490. The SMILES string of the molecule is COc1cc2nc(NCCCCNC(=O)CC(C)C)c3nnc(C)n3c2cc1[N+](=O)[O-]. The number of aromatic nitrogens is 4. The number of benzene rings is 1. The summed E-state index contributed by atoms with van der Waals surface area (Å²) >= 11 is 0. The van der Waals surface area contributed by atoms with Gasteiger partial charge in [0.15, 0.2) is 11.6 Å². The van der Waals surface area contributed by atoms with Crippen LogP contribution in [-0.4, -0.2) is 50.6 Å². The van der Waals surface area contributed by atoms with Crippen molar-refractivity contribution < 1.29 is 14.5 Å². The van der Waals surface area contributed by atoms with Crippen molar-refractivity contribution in [3.8, 4) is 5.75 Å². The molecule has 1 aromatic carbocycles. The molecule has 31 heavy (non-hydrogen) atoms. The minimum Gasteiger partial charge on any atom is -0.490 e. The summed E-state index contributed by atoms with van der Waals surface area (Å²) in [6.45, 7) is 7.06. The Morgan fingerprint density at radius 2 is 2.00 bits per heavy atom. The lowest BCUT2D eigenvalue weighted by molar-refractivity contribution is -0.385. The quantitative estimate of drug-likeness (QED) is 0.285. The third-order valence-corrected chi connectivity index (χ3v) is 4.79. The molecule has 11 nitrogen and oxygen atoms in total. The van der Waals surface area contributed by atoms with Crippen LogP contribution >= 0.6 is 0 Å². The molecule has 0 saturated heterocycles. The van der Waals surface area contributed by atoms with Crippen molar-refractivity contribution in [2.75, 3.05) is 25.5 Å². The molecular formula is C20H27N7O4. The first-order valence-corrected chi connectivity index (χ1v) is 10.2. The topological polar surface area (TPSA) is 137 Å². The molecule has 2 N–H and O–H groups in total. The number of fused-ring (bicyclic) bond motifs is 3. The number of aryl methyl sites for hydroxylation is 1. The first-order valence-electron chi connectivity index (χ1n) is 10.2. The zero-order chi connectivity index (χ0) is 22.5. The predicted octanol–water partition coefficient (Wildman–Crippen LogP) is 2.86. The average molecular weight is 429 g/mol. The predicted molar refractivity (Wildman–Crippen MR) is 116 cm³/mol. The molecule has 0 radical (unpaired) electrons. The van der Waals surface area contributed by atoms with Gasteiger partial charge >= 0.3 is 5.69 Å². The summed E-state index contributed by atoms with van der Waals surface area (Å²) in [6, 6.07) is 2.97. The maximum Gasteiger partial charge on any atom is 0.313 e. The molecule has 0 aliphatic rings. The number of nitro benzene ring substituents is 1. The third kappa shape index (κ3) is 4.98. The number of unbranched alkanes of at least 4 members (excludes halogenated alkanes) is 1. The van der Waals surface area contributed by atoms with E-state index in [0.29, 0.717) is 53.8 Å². The highest BCUT2D eigenvalue weighted by Gasteiger charge is 2.21. The highest BCUT2D eigenvalue weighted by Crippen LogP contribution is 2.33. The molecule has 11 heteroatoms. The van der Waals surface area contributed by atoms with Crippen LogP contribution in [0.25, 0.3) is 16.7 Å². The van der Waals surface area contributed by atoms with E-state index in [4.69, 9.17) is 4.74 Å². The first-order chi connectivity index (χ1) is 14.8. The van der Waals surface area contributed by atoms with Crippen molar-refractivity contribution in [2.45, 2.75) is 40.0 Å². The fraction of sp³-hybridized carbons (Fsp3) is 0.500. The summed E-state index contributed by atoms with van der Waals surface area (Å²) in [5.41, 5.74) is 1.41. The molecule has 166 valence electrons. The van der Waals surface area contributed by atoms with E-state index in [0.717, 1.165) is 12.8 Å². The summed E-state index contributed by atoms with van der Waals surface area (Å²) in [5.74, 6) is 1.68. The van der Waals surface area contributed by atoms with Gasteiger partial charge in [-0.2, -0.15) is 0 Å². The number of amides is 1. The van der Waals surface area contributed by atoms with Crippen LogP contribution in [0.1, 0.15) is 38.9 Å². The van der Waals surface area contributed by atoms with E-state index in [-0.39, 0.29) is 17.3 Å². The van der Waals surface area contributed by atoms with Gasteiger partial charge in [0, 0.05) is 31.6 Å². The zero-order valence-corrected chi connectivity index (χ0v) is 18.1. The maximum atomic E-state index is 11.7. The monoisotopic (exact) mass is 429 g/mol. The number of nitrogens with one attached hydrogen (secondary N) is 2. The summed E-state index contributed by atoms with van der Waals surface area (Å²) < 4.78 is 6.91. The normalized spacial score (nSPS) is 11.3. The Bertz CT molecular complexity index is 1110. The maximum absolute atomic E-state index is 11.7. The number of methoxy groups -OCH3 is 1. The minimum absolute atomic E-state index is 0.0721. The zero-order valence-electron chi connectivity index (χ0n) is 18.1. The molecule has 0 spiro atoms. The van der Waals surface area contributed by atoms with Gasteiger partial charge in [0.25, 0.3) is 0 Å². The van der Waals surface area contributed by atoms with E-state index in [1.54, 1.807) is 17.4 Å². The summed E-state index contributed by atoms with van der Waals surface area (Å²) in [5, 5.41) is 25.9. The largest absolute Gasteiger partial charge is 0.490 e. The molecule has 1 amide bonds. The van der Waals surface area contributed by atoms with Gasteiger partial charge in [-0.1, -0.05) is 13.8 Å². The number of nitrogens with zero attached hydrogens (tertiary/aromatic N) is 5. The van der Waals surface area contributed by atoms with Gasteiger partial charge in [-0.3, -0.25) is 19.3 Å². The molecule has 2 heterocycles. The molecule has 3 rings (SSSR count). The van der Waals surface area contributed by atoms with Gasteiger partial charge in [-0.05, 0) is 25.7 Å². The molecule has 0 unspecified atom stereocenters. The van der Waals surface area contributed by atoms with Crippen molar-refractivity contribution in [1.29, 1.82) is 0 Å².